The van der Waals surface area contributed by atoms with Crippen LogP contribution in [-0.2, 0) is 0 Å². The summed E-state index contributed by atoms with van der Waals surface area (Å²) < 4.78 is 0.793. The Kier molecular flexibility index (Phi) is 3.11. The lowest BCUT2D eigenvalue weighted by atomic mass is 9.93. The molecule has 1 heterocycles. The van der Waals surface area contributed by atoms with Gasteiger partial charge in [0.1, 0.15) is 4.60 Å². The highest BCUT2D eigenvalue weighted by Gasteiger charge is 2.22. The van der Waals surface area contributed by atoms with Crippen LogP contribution in [0.3, 0.4) is 0 Å². The lowest BCUT2D eigenvalue weighted by Gasteiger charge is -2.35. The molecule has 0 aromatic carbocycles. The highest BCUT2D eigenvalue weighted by atomic mass is 79.9. The van der Waals surface area contributed by atoms with Gasteiger partial charge in [-0.15, -0.1) is 0 Å². The molecule has 1 fully saturated rings. The first-order valence-electron chi connectivity index (χ1n) is 5.08. The van der Waals surface area contributed by atoms with Crippen LogP contribution >= 0.6 is 15.9 Å². The van der Waals surface area contributed by atoms with Crippen LogP contribution in [0.15, 0.2) is 16.7 Å². The summed E-state index contributed by atoms with van der Waals surface area (Å²) in [7, 11) is 2.03. The van der Waals surface area contributed by atoms with Crippen LogP contribution in [0.2, 0.25) is 0 Å². The molecule has 0 unspecified atom stereocenters. The lowest BCUT2D eigenvalue weighted by molar-refractivity contribution is 0.190. The third-order valence-electron chi connectivity index (χ3n) is 2.80. The minimum Gasteiger partial charge on any atom is -0.396 e. The topological polar surface area (TPSA) is 54.2 Å². The minimum atomic E-state index is 0.616. The Balaban J connectivity index is 2.05. The van der Waals surface area contributed by atoms with E-state index in [1.54, 1.807) is 0 Å². The van der Waals surface area contributed by atoms with Gasteiger partial charge in [0, 0.05) is 13.1 Å². The molecule has 15 heavy (non-hydrogen) atoms. The second-order valence-corrected chi connectivity index (χ2v) is 4.69. The summed E-state index contributed by atoms with van der Waals surface area (Å²) in [4.78, 5) is 4.29. The fourth-order valence-electron chi connectivity index (χ4n) is 1.57. The maximum Gasteiger partial charge on any atom is 0.164 e. The number of hydrazine groups is 1. The van der Waals surface area contributed by atoms with Crippen molar-refractivity contribution in [1.82, 2.24) is 9.99 Å². The summed E-state index contributed by atoms with van der Waals surface area (Å²) in [6.07, 6.45) is 3.81. The largest absolute Gasteiger partial charge is 0.396 e. The van der Waals surface area contributed by atoms with Gasteiger partial charge < -0.3 is 11.2 Å². The van der Waals surface area contributed by atoms with Crippen molar-refractivity contribution in [2.45, 2.75) is 25.3 Å². The maximum atomic E-state index is 5.82. The Bertz CT molecular complexity index is 351. The van der Waals surface area contributed by atoms with Gasteiger partial charge in [-0.05, 0) is 40.9 Å². The van der Waals surface area contributed by atoms with E-state index >= 15 is 0 Å². The molecule has 1 aliphatic carbocycles. The van der Waals surface area contributed by atoms with E-state index in [0.29, 0.717) is 11.7 Å². The summed E-state index contributed by atoms with van der Waals surface area (Å²) in [6.45, 7) is 0. The zero-order valence-corrected chi connectivity index (χ0v) is 10.3. The number of anilines is 2. The smallest absolute Gasteiger partial charge is 0.164 e. The van der Waals surface area contributed by atoms with E-state index < -0.39 is 0 Å². The van der Waals surface area contributed by atoms with E-state index in [2.05, 4.69) is 31.3 Å². The van der Waals surface area contributed by atoms with Crippen LogP contribution in [-0.4, -0.2) is 23.1 Å². The predicted octanol–water partition coefficient (Wildman–Crippen LogP) is 2.24. The monoisotopic (exact) mass is 270 g/mol. The van der Waals surface area contributed by atoms with E-state index in [-0.39, 0.29) is 0 Å². The standard InChI is InChI=1S/C10H15BrN4/c1-15(7-3-2-4-7)14-10-8(12)5-6-9(11)13-10/h5-7H,2-4,12H2,1H3,(H,13,14). The van der Waals surface area contributed by atoms with Gasteiger partial charge in [0.05, 0.1) is 5.69 Å². The third-order valence-corrected chi connectivity index (χ3v) is 3.24. The molecule has 1 aromatic heterocycles. The Morgan fingerprint density at radius 2 is 2.27 bits per heavy atom. The van der Waals surface area contributed by atoms with E-state index in [1.165, 1.54) is 19.3 Å². The first-order valence-corrected chi connectivity index (χ1v) is 5.87. The first kappa shape index (κ1) is 10.7. The highest BCUT2D eigenvalue weighted by molar-refractivity contribution is 9.10. The lowest BCUT2D eigenvalue weighted by Crippen LogP contribution is -2.41. The number of nitrogens with two attached hydrogens (primary N) is 1. The Morgan fingerprint density at radius 1 is 1.53 bits per heavy atom. The van der Waals surface area contributed by atoms with Crippen LogP contribution in [0.25, 0.3) is 0 Å². The SMILES string of the molecule is CN(Nc1nc(Br)ccc1N)C1CCC1. The van der Waals surface area contributed by atoms with Crippen molar-refractivity contribution in [3.8, 4) is 0 Å². The Hall–Kier alpha value is -0.810. The van der Waals surface area contributed by atoms with Gasteiger partial charge in [-0.2, -0.15) is 0 Å². The molecule has 0 radical (unpaired) electrons. The van der Waals surface area contributed by atoms with Gasteiger partial charge in [0.2, 0.25) is 0 Å². The van der Waals surface area contributed by atoms with Crippen molar-refractivity contribution in [2.75, 3.05) is 18.2 Å². The zero-order chi connectivity index (χ0) is 10.8. The number of hydrogen-bond acceptors (Lipinski definition) is 4. The molecule has 5 heteroatoms. The zero-order valence-electron chi connectivity index (χ0n) is 8.70. The predicted molar refractivity (Wildman–Crippen MR) is 65.4 cm³/mol. The molecule has 0 amide bonds. The van der Waals surface area contributed by atoms with Crippen LogP contribution in [0.4, 0.5) is 11.5 Å². The number of rotatable bonds is 3. The van der Waals surface area contributed by atoms with Crippen molar-refractivity contribution >= 4 is 27.4 Å². The quantitative estimate of drug-likeness (QED) is 0.654. The van der Waals surface area contributed by atoms with Crippen LogP contribution < -0.4 is 11.2 Å². The van der Waals surface area contributed by atoms with Gasteiger partial charge in [-0.3, -0.25) is 0 Å². The molecule has 1 aliphatic rings. The van der Waals surface area contributed by atoms with Gasteiger partial charge in [-0.25, -0.2) is 9.99 Å². The number of aromatic nitrogens is 1. The molecule has 4 nitrogen and oxygen atoms in total. The average molecular weight is 271 g/mol. The first-order chi connectivity index (χ1) is 7.16. The molecular weight excluding hydrogens is 256 g/mol. The summed E-state index contributed by atoms with van der Waals surface area (Å²) in [5.41, 5.74) is 9.72. The fourth-order valence-corrected chi connectivity index (χ4v) is 1.88. The second kappa shape index (κ2) is 4.37. The molecule has 0 bridgehead atoms. The van der Waals surface area contributed by atoms with Gasteiger partial charge >= 0.3 is 0 Å². The number of hydrogen-bond donors (Lipinski definition) is 2. The van der Waals surface area contributed by atoms with E-state index in [4.69, 9.17) is 5.73 Å². The molecule has 1 saturated carbocycles. The Morgan fingerprint density at radius 3 is 2.87 bits per heavy atom. The number of halogens is 1. The third kappa shape index (κ3) is 2.41. The molecule has 1 aromatic rings. The normalized spacial score (nSPS) is 16.5. The summed E-state index contributed by atoms with van der Waals surface area (Å²) >= 11 is 3.33. The molecule has 0 atom stereocenters. The van der Waals surface area contributed by atoms with Crippen molar-refractivity contribution in [3.05, 3.63) is 16.7 Å². The van der Waals surface area contributed by atoms with Crippen LogP contribution in [0.1, 0.15) is 19.3 Å². The molecular formula is C10H15BrN4. The molecule has 0 saturated heterocycles. The highest BCUT2D eigenvalue weighted by Crippen LogP contribution is 2.25. The van der Waals surface area contributed by atoms with Crippen LogP contribution in [0.5, 0.6) is 0 Å². The second-order valence-electron chi connectivity index (χ2n) is 3.88. The maximum absolute atomic E-state index is 5.82. The van der Waals surface area contributed by atoms with E-state index in [0.717, 1.165) is 10.4 Å². The van der Waals surface area contributed by atoms with E-state index in [9.17, 15) is 0 Å². The van der Waals surface area contributed by atoms with Gasteiger partial charge in [0.25, 0.3) is 0 Å². The molecule has 3 N–H and O–H groups in total. The molecule has 0 aliphatic heterocycles. The summed E-state index contributed by atoms with van der Waals surface area (Å²) in [5, 5.41) is 2.09. The number of nitrogens with zero attached hydrogens (tertiary/aromatic N) is 2. The summed E-state index contributed by atoms with van der Waals surface area (Å²) in [6, 6.07) is 4.29. The van der Waals surface area contributed by atoms with E-state index in [1.807, 2.05) is 19.2 Å². The fraction of sp³-hybridized carbons (Fsp3) is 0.500. The number of nitrogen functional groups attached to an aromatic ring is 1. The summed E-state index contributed by atoms with van der Waals surface area (Å²) in [5.74, 6) is 0.721. The molecule has 2 rings (SSSR count). The van der Waals surface area contributed by atoms with Crippen LogP contribution in [0, 0.1) is 0 Å². The number of pyridine rings is 1. The van der Waals surface area contributed by atoms with Crippen molar-refractivity contribution < 1.29 is 0 Å². The minimum absolute atomic E-state index is 0.616. The molecule has 82 valence electrons. The number of nitrogens with one attached hydrogen (secondary N) is 1. The van der Waals surface area contributed by atoms with Gasteiger partial charge in [0.15, 0.2) is 5.82 Å². The Labute approximate surface area is 98.0 Å². The molecule has 0 spiro atoms. The van der Waals surface area contributed by atoms with Crippen molar-refractivity contribution in [2.24, 2.45) is 0 Å². The average Bonchev–Trinajstić information content (AvgIpc) is 2.08. The van der Waals surface area contributed by atoms with Crippen molar-refractivity contribution in [1.29, 1.82) is 0 Å². The van der Waals surface area contributed by atoms with Crippen molar-refractivity contribution in [3.63, 3.8) is 0 Å². The van der Waals surface area contributed by atoms with Gasteiger partial charge in [-0.1, -0.05) is 6.42 Å².